The molecule has 0 saturated heterocycles. The summed E-state index contributed by atoms with van der Waals surface area (Å²) in [7, 11) is 0. The largest absolute Gasteiger partial charge is 0.370 e. The minimum absolute atomic E-state index is 0.0407. The molecule has 0 aromatic carbocycles. The third-order valence-electron chi connectivity index (χ3n) is 3.96. The van der Waals surface area contributed by atoms with Gasteiger partial charge in [0.1, 0.15) is 5.82 Å². The van der Waals surface area contributed by atoms with Gasteiger partial charge in [-0.05, 0) is 37.2 Å². The zero-order valence-electron chi connectivity index (χ0n) is 12.1. The van der Waals surface area contributed by atoms with E-state index < -0.39 is 0 Å². The quantitative estimate of drug-likeness (QED) is 0.562. The van der Waals surface area contributed by atoms with Crippen molar-refractivity contribution in [3.05, 3.63) is 22.2 Å². The minimum atomic E-state index is -0.384. The van der Waals surface area contributed by atoms with Crippen LogP contribution in [-0.4, -0.2) is 23.0 Å². The Hall–Kier alpha value is -1.85. The van der Waals surface area contributed by atoms with Gasteiger partial charge < -0.3 is 10.6 Å². The number of nitrogens with zero attached hydrogens (tertiary/aromatic N) is 2. The Morgan fingerprint density at radius 2 is 2.10 bits per heavy atom. The van der Waals surface area contributed by atoms with Gasteiger partial charge in [-0.3, -0.25) is 10.1 Å². The molecule has 1 aliphatic carbocycles. The molecule has 1 saturated carbocycles. The molecule has 0 radical (unpaired) electrons. The van der Waals surface area contributed by atoms with Crippen LogP contribution in [0.1, 0.15) is 39.5 Å². The number of rotatable bonds is 8. The van der Waals surface area contributed by atoms with Crippen LogP contribution in [0.25, 0.3) is 0 Å². The molecule has 0 unspecified atom stereocenters. The van der Waals surface area contributed by atoms with Gasteiger partial charge in [-0.25, -0.2) is 4.98 Å². The van der Waals surface area contributed by atoms with Crippen LogP contribution in [0, 0.1) is 15.5 Å². The van der Waals surface area contributed by atoms with Gasteiger partial charge in [-0.15, -0.1) is 0 Å². The highest BCUT2D eigenvalue weighted by Gasteiger charge is 2.40. The molecular formula is C14H22N4O2. The SMILES string of the molecule is CCCNc1ccc([N+](=O)[O-])c(NCC2(CC)CC2)n1. The van der Waals surface area contributed by atoms with Crippen LogP contribution in [0.4, 0.5) is 17.3 Å². The molecule has 110 valence electrons. The molecular weight excluding hydrogens is 256 g/mol. The fourth-order valence-electron chi connectivity index (χ4n) is 2.18. The van der Waals surface area contributed by atoms with Crippen LogP contribution in [0.5, 0.6) is 0 Å². The highest BCUT2D eigenvalue weighted by molar-refractivity contribution is 5.60. The number of hydrogen-bond acceptors (Lipinski definition) is 5. The predicted octanol–water partition coefficient (Wildman–Crippen LogP) is 3.41. The van der Waals surface area contributed by atoms with Crippen molar-refractivity contribution in [1.82, 2.24) is 4.98 Å². The van der Waals surface area contributed by atoms with Crippen molar-refractivity contribution in [2.75, 3.05) is 23.7 Å². The van der Waals surface area contributed by atoms with Gasteiger partial charge in [0, 0.05) is 19.2 Å². The Morgan fingerprint density at radius 3 is 2.65 bits per heavy atom. The third-order valence-corrected chi connectivity index (χ3v) is 3.96. The van der Waals surface area contributed by atoms with Gasteiger partial charge in [0.15, 0.2) is 0 Å². The van der Waals surface area contributed by atoms with Crippen molar-refractivity contribution < 1.29 is 4.92 Å². The summed E-state index contributed by atoms with van der Waals surface area (Å²) in [6.45, 7) is 5.79. The smallest absolute Gasteiger partial charge is 0.311 e. The molecule has 6 heteroatoms. The van der Waals surface area contributed by atoms with E-state index in [2.05, 4.69) is 29.5 Å². The maximum absolute atomic E-state index is 11.1. The van der Waals surface area contributed by atoms with E-state index in [0.717, 1.165) is 25.9 Å². The Kier molecular flexibility index (Phi) is 4.42. The molecule has 2 N–H and O–H groups in total. The Labute approximate surface area is 119 Å². The number of nitro groups is 1. The van der Waals surface area contributed by atoms with E-state index in [1.807, 2.05) is 0 Å². The first-order valence-electron chi connectivity index (χ1n) is 7.23. The monoisotopic (exact) mass is 278 g/mol. The summed E-state index contributed by atoms with van der Waals surface area (Å²) in [5.74, 6) is 1.05. The average Bonchev–Trinajstić information content (AvgIpc) is 3.23. The lowest BCUT2D eigenvalue weighted by molar-refractivity contribution is -0.384. The van der Waals surface area contributed by atoms with Crippen LogP contribution in [-0.2, 0) is 0 Å². The maximum Gasteiger partial charge on any atom is 0.311 e. The van der Waals surface area contributed by atoms with Gasteiger partial charge in [0.05, 0.1) is 4.92 Å². The van der Waals surface area contributed by atoms with E-state index in [0.29, 0.717) is 17.1 Å². The first-order valence-corrected chi connectivity index (χ1v) is 7.23. The van der Waals surface area contributed by atoms with Gasteiger partial charge in [0.25, 0.3) is 0 Å². The van der Waals surface area contributed by atoms with Crippen LogP contribution in [0.2, 0.25) is 0 Å². The summed E-state index contributed by atoms with van der Waals surface area (Å²) in [6, 6.07) is 3.17. The minimum Gasteiger partial charge on any atom is -0.370 e. The van der Waals surface area contributed by atoms with Crippen molar-refractivity contribution in [3.63, 3.8) is 0 Å². The summed E-state index contributed by atoms with van der Waals surface area (Å²) >= 11 is 0. The second kappa shape index (κ2) is 6.07. The number of anilines is 2. The molecule has 0 bridgehead atoms. The molecule has 0 atom stereocenters. The van der Waals surface area contributed by atoms with Crippen molar-refractivity contribution in [3.8, 4) is 0 Å². The van der Waals surface area contributed by atoms with E-state index in [1.54, 1.807) is 6.07 Å². The van der Waals surface area contributed by atoms with Gasteiger partial charge in [0.2, 0.25) is 5.82 Å². The first kappa shape index (κ1) is 14.6. The van der Waals surface area contributed by atoms with Gasteiger partial charge in [-0.1, -0.05) is 13.8 Å². The van der Waals surface area contributed by atoms with E-state index in [1.165, 1.54) is 18.9 Å². The van der Waals surface area contributed by atoms with Crippen molar-refractivity contribution in [2.45, 2.75) is 39.5 Å². The fourth-order valence-corrected chi connectivity index (χ4v) is 2.18. The number of pyridine rings is 1. The molecule has 0 spiro atoms. The zero-order valence-corrected chi connectivity index (χ0v) is 12.1. The summed E-state index contributed by atoms with van der Waals surface area (Å²) in [5, 5.41) is 17.4. The highest BCUT2D eigenvalue weighted by atomic mass is 16.6. The predicted molar refractivity (Wildman–Crippen MR) is 80.1 cm³/mol. The molecule has 0 aliphatic heterocycles. The highest BCUT2D eigenvalue weighted by Crippen LogP contribution is 2.48. The van der Waals surface area contributed by atoms with Crippen LogP contribution >= 0.6 is 0 Å². The lowest BCUT2D eigenvalue weighted by Crippen LogP contribution is -2.16. The van der Waals surface area contributed by atoms with Crippen molar-refractivity contribution >= 4 is 17.3 Å². The molecule has 1 aromatic rings. The third kappa shape index (κ3) is 3.37. The lowest BCUT2D eigenvalue weighted by Gasteiger charge is -2.14. The van der Waals surface area contributed by atoms with Crippen LogP contribution in [0.15, 0.2) is 12.1 Å². The fraction of sp³-hybridized carbons (Fsp3) is 0.643. The lowest BCUT2D eigenvalue weighted by atomic mass is 10.0. The molecule has 1 aliphatic rings. The van der Waals surface area contributed by atoms with E-state index >= 15 is 0 Å². The molecule has 2 rings (SSSR count). The average molecular weight is 278 g/mol. The van der Waals surface area contributed by atoms with E-state index in [-0.39, 0.29) is 10.6 Å². The normalized spacial score (nSPS) is 15.7. The van der Waals surface area contributed by atoms with Crippen molar-refractivity contribution in [2.24, 2.45) is 5.41 Å². The Balaban J connectivity index is 2.11. The van der Waals surface area contributed by atoms with E-state index in [9.17, 15) is 10.1 Å². The van der Waals surface area contributed by atoms with Crippen LogP contribution < -0.4 is 10.6 Å². The summed E-state index contributed by atoms with van der Waals surface area (Å²) < 4.78 is 0. The second-order valence-corrected chi connectivity index (χ2v) is 5.46. The molecule has 1 aromatic heterocycles. The van der Waals surface area contributed by atoms with Crippen molar-refractivity contribution in [1.29, 1.82) is 0 Å². The number of hydrogen-bond donors (Lipinski definition) is 2. The molecule has 6 nitrogen and oxygen atoms in total. The standard InChI is InChI=1S/C14H22N4O2/c1-3-9-15-12-6-5-11(18(19)20)13(17-12)16-10-14(4-2)7-8-14/h5-6H,3-4,7-10H2,1-2H3,(H2,15,16,17). The molecule has 20 heavy (non-hydrogen) atoms. The first-order chi connectivity index (χ1) is 9.60. The van der Waals surface area contributed by atoms with Gasteiger partial charge in [-0.2, -0.15) is 0 Å². The topological polar surface area (TPSA) is 80.1 Å². The number of nitrogens with one attached hydrogen (secondary N) is 2. The maximum atomic E-state index is 11.1. The second-order valence-electron chi connectivity index (χ2n) is 5.46. The Morgan fingerprint density at radius 1 is 1.35 bits per heavy atom. The summed E-state index contributed by atoms with van der Waals surface area (Å²) in [5.41, 5.74) is 0.363. The zero-order chi connectivity index (χ0) is 14.6. The molecule has 1 heterocycles. The molecule has 1 fully saturated rings. The van der Waals surface area contributed by atoms with Gasteiger partial charge >= 0.3 is 5.69 Å². The number of aromatic nitrogens is 1. The summed E-state index contributed by atoms with van der Waals surface area (Å²) in [4.78, 5) is 15.0. The molecule has 0 amide bonds. The Bertz CT molecular complexity index is 486. The summed E-state index contributed by atoms with van der Waals surface area (Å²) in [6.07, 6.45) is 4.47. The van der Waals surface area contributed by atoms with E-state index in [4.69, 9.17) is 0 Å². The van der Waals surface area contributed by atoms with Crippen LogP contribution in [0.3, 0.4) is 0 Å².